The standard InChI is InChI=1S/C42H54N4O7Si/c1-27(45(5)41(51)53-42(2,3)4)37(47)44-35(24-28-16-18-29(19-17-28)30-20-22-32(23-21-30)40(50)52-6)39(49)46-26-54(7,8)25-36(46)38(48)43-34-15-11-13-31-12-9-10-14-33(31)34/h9-10,12,14,16-23,27,34-36H,11,13,15,24-26H2,1-8H3,(H,43,48)(H,44,47)/t27-,34+,35-,36-/m0/s1. The van der Waals surface area contributed by atoms with Gasteiger partial charge in [0.15, 0.2) is 0 Å². The Hall–Kier alpha value is -4.97. The third kappa shape index (κ3) is 9.76. The number of amides is 4. The van der Waals surface area contributed by atoms with Gasteiger partial charge >= 0.3 is 12.1 Å². The molecule has 1 fully saturated rings. The van der Waals surface area contributed by atoms with E-state index in [4.69, 9.17) is 9.47 Å². The minimum Gasteiger partial charge on any atom is -0.465 e. The number of aryl methyl sites for hydroxylation is 1. The van der Waals surface area contributed by atoms with Gasteiger partial charge < -0.3 is 25.0 Å². The number of carbonyl (C=O) groups is 5. The molecule has 2 N–H and O–H groups in total. The van der Waals surface area contributed by atoms with Gasteiger partial charge in [0.25, 0.3) is 0 Å². The van der Waals surface area contributed by atoms with Crippen LogP contribution in [0.5, 0.6) is 0 Å². The minimum atomic E-state index is -2.01. The Kier molecular flexibility index (Phi) is 12.4. The number of benzene rings is 3. The zero-order valence-corrected chi connectivity index (χ0v) is 33.7. The fraction of sp³-hybridized carbons (Fsp3) is 0.452. The van der Waals surface area contributed by atoms with Crippen LogP contribution in [0, 0.1) is 0 Å². The molecule has 0 aromatic heterocycles. The number of hydrogen-bond donors (Lipinski definition) is 2. The summed E-state index contributed by atoms with van der Waals surface area (Å²) in [5, 5.41) is 6.24. The van der Waals surface area contributed by atoms with Gasteiger partial charge in [-0.25, -0.2) is 9.59 Å². The summed E-state index contributed by atoms with van der Waals surface area (Å²) in [5.74, 6) is -1.43. The number of ether oxygens (including phenoxy) is 2. The van der Waals surface area contributed by atoms with Gasteiger partial charge in [0.05, 0.1) is 26.8 Å². The second-order valence-electron chi connectivity index (χ2n) is 16.3. The van der Waals surface area contributed by atoms with E-state index < -0.39 is 49.8 Å². The van der Waals surface area contributed by atoms with Crippen molar-refractivity contribution in [1.29, 1.82) is 0 Å². The molecule has 0 saturated carbocycles. The van der Waals surface area contributed by atoms with Crippen molar-refractivity contribution in [2.24, 2.45) is 0 Å². The number of rotatable bonds is 10. The first-order valence-electron chi connectivity index (χ1n) is 18.7. The van der Waals surface area contributed by atoms with Gasteiger partial charge in [-0.15, -0.1) is 0 Å². The molecule has 3 aromatic rings. The average molecular weight is 755 g/mol. The van der Waals surface area contributed by atoms with Crippen LogP contribution in [0.3, 0.4) is 0 Å². The van der Waals surface area contributed by atoms with E-state index in [-0.39, 0.29) is 24.3 Å². The molecule has 4 amide bonds. The molecule has 288 valence electrons. The van der Waals surface area contributed by atoms with Crippen molar-refractivity contribution >= 4 is 37.9 Å². The molecule has 0 bridgehead atoms. The van der Waals surface area contributed by atoms with E-state index in [1.54, 1.807) is 44.7 Å². The van der Waals surface area contributed by atoms with Crippen molar-refractivity contribution in [2.75, 3.05) is 20.3 Å². The molecule has 4 atom stereocenters. The van der Waals surface area contributed by atoms with Crippen LogP contribution >= 0.6 is 0 Å². The van der Waals surface area contributed by atoms with Crippen LogP contribution in [-0.4, -0.2) is 91.7 Å². The van der Waals surface area contributed by atoms with E-state index in [9.17, 15) is 24.0 Å². The predicted molar refractivity (Wildman–Crippen MR) is 210 cm³/mol. The number of nitrogens with zero attached hydrogens (tertiary/aromatic N) is 2. The lowest BCUT2D eigenvalue weighted by Crippen LogP contribution is -2.57. The number of nitrogens with one attached hydrogen (secondary N) is 2. The van der Waals surface area contributed by atoms with E-state index in [2.05, 4.69) is 35.9 Å². The van der Waals surface area contributed by atoms with Crippen molar-refractivity contribution in [3.05, 3.63) is 95.1 Å². The molecule has 3 aromatic carbocycles. The van der Waals surface area contributed by atoms with Crippen molar-refractivity contribution in [3.63, 3.8) is 0 Å². The number of likely N-dealkylation sites (N-methyl/N-ethyl adjacent to an activating group) is 1. The van der Waals surface area contributed by atoms with Gasteiger partial charge in [-0.05, 0) is 93.0 Å². The zero-order chi connectivity index (χ0) is 39.4. The summed E-state index contributed by atoms with van der Waals surface area (Å²) in [4.78, 5) is 70.3. The van der Waals surface area contributed by atoms with E-state index >= 15 is 0 Å². The predicted octanol–water partition coefficient (Wildman–Crippen LogP) is 6.08. The Morgan fingerprint density at radius 2 is 1.57 bits per heavy atom. The summed E-state index contributed by atoms with van der Waals surface area (Å²) >= 11 is 0. The first-order valence-corrected chi connectivity index (χ1v) is 22.1. The maximum Gasteiger partial charge on any atom is 0.410 e. The number of methoxy groups -OCH3 is 1. The summed E-state index contributed by atoms with van der Waals surface area (Å²) in [6, 6.07) is 20.8. The monoisotopic (exact) mass is 754 g/mol. The highest BCUT2D eigenvalue weighted by Crippen LogP contribution is 2.32. The van der Waals surface area contributed by atoms with Crippen LogP contribution in [0.25, 0.3) is 11.1 Å². The van der Waals surface area contributed by atoms with Crippen molar-refractivity contribution in [3.8, 4) is 11.1 Å². The van der Waals surface area contributed by atoms with Crippen molar-refractivity contribution < 1.29 is 33.4 Å². The van der Waals surface area contributed by atoms with E-state index in [0.717, 1.165) is 41.5 Å². The Labute approximate surface area is 319 Å². The number of fused-ring (bicyclic) bond motifs is 1. The van der Waals surface area contributed by atoms with Crippen LogP contribution in [0.15, 0.2) is 72.8 Å². The first-order chi connectivity index (χ1) is 25.5. The Balaban J connectivity index is 1.39. The Bertz CT molecular complexity index is 1860. The van der Waals surface area contributed by atoms with Crippen molar-refractivity contribution in [1.82, 2.24) is 20.4 Å². The topological polar surface area (TPSA) is 134 Å². The molecule has 54 heavy (non-hydrogen) atoms. The van der Waals surface area contributed by atoms with E-state index in [0.29, 0.717) is 17.8 Å². The Morgan fingerprint density at radius 1 is 0.944 bits per heavy atom. The molecular formula is C42H54N4O7Si. The molecule has 1 saturated heterocycles. The molecule has 5 rings (SSSR count). The normalized spacial score (nSPS) is 18.8. The van der Waals surface area contributed by atoms with Crippen LogP contribution < -0.4 is 10.6 Å². The first kappa shape index (κ1) is 40.2. The van der Waals surface area contributed by atoms with E-state index in [1.807, 2.05) is 48.5 Å². The van der Waals surface area contributed by atoms with Gasteiger partial charge in [0.2, 0.25) is 17.7 Å². The molecule has 0 spiro atoms. The smallest absolute Gasteiger partial charge is 0.410 e. The van der Waals surface area contributed by atoms with Crippen LogP contribution in [-0.2, 0) is 36.7 Å². The SMILES string of the molecule is COC(=O)c1ccc(-c2ccc(C[C@H](NC(=O)[C@H](C)N(C)C(=O)OC(C)(C)C)C(=O)N3C[Si](C)(C)C[C@H]3C(=O)N[C@@H]3CCCc4ccccc43)cc2)cc1. The fourth-order valence-electron chi connectivity index (χ4n) is 7.25. The lowest BCUT2D eigenvalue weighted by atomic mass is 9.87. The number of hydrogen-bond acceptors (Lipinski definition) is 7. The van der Waals surface area contributed by atoms with Gasteiger partial charge in [-0.2, -0.15) is 0 Å². The Morgan fingerprint density at radius 3 is 2.20 bits per heavy atom. The maximum atomic E-state index is 14.7. The third-order valence-corrected chi connectivity index (χ3v) is 13.0. The average Bonchev–Trinajstić information content (AvgIpc) is 3.48. The van der Waals surface area contributed by atoms with Crippen LogP contribution in [0.4, 0.5) is 4.79 Å². The van der Waals surface area contributed by atoms with Gasteiger partial charge in [-0.3, -0.25) is 19.3 Å². The lowest BCUT2D eigenvalue weighted by molar-refractivity contribution is -0.141. The summed E-state index contributed by atoms with van der Waals surface area (Å²) in [7, 11) is 0.821. The van der Waals surface area contributed by atoms with E-state index in [1.165, 1.54) is 24.6 Å². The quantitative estimate of drug-likeness (QED) is 0.190. The second-order valence-corrected chi connectivity index (χ2v) is 21.4. The van der Waals surface area contributed by atoms with Crippen LogP contribution in [0.2, 0.25) is 19.1 Å². The molecule has 0 radical (unpaired) electrons. The highest BCUT2D eigenvalue weighted by atomic mass is 28.3. The maximum absolute atomic E-state index is 14.7. The largest absolute Gasteiger partial charge is 0.465 e. The minimum absolute atomic E-state index is 0.125. The summed E-state index contributed by atoms with van der Waals surface area (Å²) in [6.45, 7) is 11.2. The highest BCUT2D eigenvalue weighted by molar-refractivity contribution is 6.79. The van der Waals surface area contributed by atoms with Gasteiger partial charge in [-0.1, -0.05) is 73.8 Å². The second kappa shape index (κ2) is 16.6. The fourth-order valence-corrected chi connectivity index (χ4v) is 10.1. The summed E-state index contributed by atoms with van der Waals surface area (Å²) in [5.41, 5.74) is 4.66. The molecular weight excluding hydrogens is 701 g/mol. The summed E-state index contributed by atoms with van der Waals surface area (Å²) in [6.07, 6.45) is 2.76. The molecule has 1 heterocycles. The molecule has 11 nitrogen and oxygen atoms in total. The van der Waals surface area contributed by atoms with Gasteiger partial charge in [0, 0.05) is 19.6 Å². The third-order valence-electron chi connectivity index (χ3n) is 10.3. The molecule has 12 heteroatoms. The number of esters is 1. The zero-order valence-electron chi connectivity index (χ0n) is 32.7. The number of carbonyl (C=O) groups excluding carboxylic acids is 5. The highest BCUT2D eigenvalue weighted by Gasteiger charge is 2.47. The molecule has 2 aliphatic rings. The summed E-state index contributed by atoms with van der Waals surface area (Å²) < 4.78 is 10.3. The van der Waals surface area contributed by atoms with Crippen molar-refractivity contribution in [2.45, 2.75) is 102 Å². The van der Waals surface area contributed by atoms with Gasteiger partial charge in [0.1, 0.15) is 23.7 Å². The lowest BCUT2D eigenvalue weighted by Gasteiger charge is -2.33. The molecule has 0 unspecified atom stereocenters. The van der Waals surface area contributed by atoms with Crippen LogP contribution in [0.1, 0.15) is 73.6 Å². The molecule has 1 aliphatic carbocycles. The molecule has 1 aliphatic heterocycles.